The van der Waals surface area contributed by atoms with Crippen molar-refractivity contribution >= 4 is 0 Å². The van der Waals surface area contributed by atoms with E-state index in [4.69, 9.17) is 4.74 Å². The number of morpholine rings is 1. The minimum Gasteiger partial charge on any atom is -0.373 e. The van der Waals surface area contributed by atoms with Crippen molar-refractivity contribution in [3.63, 3.8) is 0 Å². The molecule has 0 aliphatic carbocycles. The van der Waals surface area contributed by atoms with Crippen molar-refractivity contribution < 1.29 is 4.74 Å². The first-order valence-corrected chi connectivity index (χ1v) is 6.51. The molecule has 0 bridgehead atoms. The first-order valence-electron chi connectivity index (χ1n) is 6.51. The molecule has 0 saturated carbocycles. The van der Waals surface area contributed by atoms with E-state index in [9.17, 15) is 5.26 Å². The zero-order valence-corrected chi connectivity index (χ0v) is 11.0. The lowest BCUT2D eigenvalue weighted by Crippen LogP contribution is -2.46. The smallest absolute Gasteiger partial charge is 0.0839 e. The molecule has 1 aliphatic rings. The van der Waals surface area contributed by atoms with Gasteiger partial charge in [-0.3, -0.25) is 4.90 Å². The zero-order chi connectivity index (χ0) is 13.0. The Hall–Kier alpha value is -1.37. The zero-order valence-electron chi connectivity index (χ0n) is 11.0. The van der Waals surface area contributed by atoms with Crippen LogP contribution in [0.15, 0.2) is 30.3 Å². The first kappa shape index (κ1) is 13.1. The molecule has 18 heavy (non-hydrogen) atoms. The Balaban J connectivity index is 2.01. The fourth-order valence-electron chi connectivity index (χ4n) is 2.60. The van der Waals surface area contributed by atoms with Crippen LogP contribution in [0.5, 0.6) is 0 Å². The van der Waals surface area contributed by atoms with E-state index >= 15 is 0 Å². The highest BCUT2D eigenvalue weighted by Crippen LogP contribution is 2.19. The third kappa shape index (κ3) is 3.32. The van der Waals surface area contributed by atoms with Gasteiger partial charge in [-0.05, 0) is 19.4 Å². The third-order valence-corrected chi connectivity index (χ3v) is 3.29. The Morgan fingerprint density at radius 1 is 1.28 bits per heavy atom. The maximum atomic E-state index is 9.33. The van der Waals surface area contributed by atoms with E-state index in [0.29, 0.717) is 0 Å². The molecule has 0 N–H and O–H groups in total. The van der Waals surface area contributed by atoms with E-state index in [0.717, 1.165) is 25.2 Å². The number of benzene rings is 1. The van der Waals surface area contributed by atoms with Gasteiger partial charge in [0.2, 0.25) is 0 Å². The van der Waals surface area contributed by atoms with Gasteiger partial charge < -0.3 is 4.74 Å². The van der Waals surface area contributed by atoms with Crippen LogP contribution in [-0.4, -0.2) is 36.7 Å². The largest absolute Gasteiger partial charge is 0.373 e. The predicted molar refractivity (Wildman–Crippen MR) is 71.2 cm³/mol. The van der Waals surface area contributed by atoms with Crippen molar-refractivity contribution in [1.29, 1.82) is 5.26 Å². The molecule has 1 unspecified atom stereocenters. The van der Waals surface area contributed by atoms with Crippen LogP contribution in [0.1, 0.15) is 25.3 Å². The van der Waals surface area contributed by atoms with Crippen LogP contribution in [0, 0.1) is 11.3 Å². The van der Waals surface area contributed by atoms with Gasteiger partial charge in [-0.1, -0.05) is 30.3 Å². The second-order valence-corrected chi connectivity index (χ2v) is 5.07. The summed E-state index contributed by atoms with van der Waals surface area (Å²) in [7, 11) is 0. The molecule has 0 radical (unpaired) electrons. The van der Waals surface area contributed by atoms with E-state index in [1.54, 1.807) is 0 Å². The van der Waals surface area contributed by atoms with Crippen LogP contribution in [0.3, 0.4) is 0 Å². The Morgan fingerprint density at radius 2 is 1.89 bits per heavy atom. The van der Waals surface area contributed by atoms with Crippen LogP contribution in [0.2, 0.25) is 0 Å². The van der Waals surface area contributed by atoms with E-state index < -0.39 is 0 Å². The minimum atomic E-state index is -0.0521. The Morgan fingerprint density at radius 3 is 2.44 bits per heavy atom. The molecule has 2 rings (SSSR count). The minimum absolute atomic E-state index is 0.0521. The summed E-state index contributed by atoms with van der Waals surface area (Å²) in [5, 5.41) is 9.33. The molecule has 1 aromatic rings. The van der Waals surface area contributed by atoms with Crippen molar-refractivity contribution in [3.05, 3.63) is 35.9 Å². The van der Waals surface area contributed by atoms with Crippen molar-refractivity contribution in [3.8, 4) is 6.07 Å². The van der Waals surface area contributed by atoms with E-state index in [1.807, 2.05) is 30.3 Å². The second kappa shape index (κ2) is 5.99. The molecule has 1 heterocycles. The molecule has 96 valence electrons. The topological polar surface area (TPSA) is 36.3 Å². The van der Waals surface area contributed by atoms with Crippen LogP contribution in [-0.2, 0) is 4.74 Å². The lowest BCUT2D eigenvalue weighted by Gasteiger charge is -2.36. The first-order chi connectivity index (χ1) is 8.69. The summed E-state index contributed by atoms with van der Waals surface area (Å²) < 4.78 is 5.71. The summed E-state index contributed by atoms with van der Waals surface area (Å²) in [5.41, 5.74) is 1.10. The van der Waals surface area contributed by atoms with Crippen molar-refractivity contribution in [1.82, 2.24) is 4.90 Å². The standard InChI is InChI=1S/C15H20N2O/c1-12-9-17(10-13(2)18-12)11-15(8-16)14-6-4-3-5-7-14/h3-7,12-13,15H,9-11H2,1-2H3/t12-,13+,15?. The summed E-state index contributed by atoms with van der Waals surface area (Å²) >= 11 is 0. The molecular formula is C15H20N2O. The molecule has 0 amide bonds. The summed E-state index contributed by atoms with van der Waals surface area (Å²) in [4.78, 5) is 2.33. The normalized spacial score (nSPS) is 26.5. The lowest BCUT2D eigenvalue weighted by molar-refractivity contribution is -0.0683. The van der Waals surface area contributed by atoms with Crippen molar-refractivity contribution in [2.24, 2.45) is 0 Å². The molecule has 0 aromatic heterocycles. The average molecular weight is 244 g/mol. The highest BCUT2D eigenvalue weighted by atomic mass is 16.5. The van der Waals surface area contributed by atoms with Gasteiger partial charge in [-0.15, -0.1) is 0 Å². The molecular weight excluding hydrogens is 224 g/mol. The predicted octanol–water partition coefficient (Wildman–Crippen LogP) is 2.40. The molecule has 3 nitrogen and oxygen atoms in total. The highest BCUT2D eigenvalue weighted by molar-refractivity contribution is 5.25. The monoisotopic (exact) mass is 244 g/mol. The molecule has 1 saturated heterocycles. The van der Waals surface area contributed by atoms with Crippen LogP contribution in [0.25, 0.3) is 0 Å². The Kier molecular flexibility index (Phi) is 4.35. The third-order valence-electron chi connectivity index (χ3n) is 3.29. The van der Waals surface area contributed by atoms with Crippen molar-refractivity contribution in [2.45, 2.75) is 32.0 Å². The SMILES string of the molecule is C[C@@H]1CN(CC(C#N)c2ccccc2)C[C@H](C)O1. The van der Waals surface area contributed by atoms with E-state index in [2.05, 4.69) is 24.8 Å². The fourth-order valence-corrected chi connectivity index (χ4v) is 2.60. The van der Waals surface area contributed by atoms with Gasteiger partial charge in [0.05, 0.1) is 24.2 Å². The number of ether oxygens (including phenoxy) is 1. The fraction of sp³-hybridized carbons (Fsp3) is 0.533. The van der Waals surface area contributed by atoms with Gasteiger partial charge in [-0.25, -0.2) is 0 Å². The number of rotatable bonds is 3. The van der Waals surface area contributed by atoms with Gasteiger partial charge in [0.15, 0.2) is 0 Å². The maximum absolute atomic E-state index is 9.33. The van der Waals surface area contributed by atoms with Gasteiger partial charge in [0, 0.05) is 19.6 Å². The molecule has 3 heteroatoms. The number of hydrogen-bond donors (Lipinski definition) is 0. The second-order valence-electron chi connectivity index (χ2n) is 5.07. The van der Waals surface area contributed by atoms with E-state index in [-0.39, 0.29) is 18.1 Å². The molecule has 1 fully saturated rings. The highest BCUT2D eigenvalue weighted by Gasteiger charge is 2.24. The van der Waals surface area contributed by atoms with Crippen LogP contribution in [0.4, 0.5) is 0 Å². The maximum Gasteiger partial charge on any atom is 0.0839 e. The van der Waals surface area contributed by atoms with Gasteiger partial charge in [0.1, 0.15) is 0 Å². The summed E-state index contributed by atoms with van der Waals surface area (Å²) in [6.45, 7) is 6.79. The summed E-state index contributed by atoms with van der Waals surface area (Å²) in [5.74, 6) is -0.0521. The van der Waals surface area contributed by atoms with E-state index in [1.165, 1.54) is 0 Å². The summed E-state index contributed by atoms with van der Waals surface area (Å²) in [6, 6.07) is 12.4. The molecule has 1 aromatic carbocycles. The quantitative estimate of drug-likeness (QED) is 0.819. The number of nitriles is 1. The number of nitrogens with zero attached hydrogens (tertiary/aromatic N) is 2. The Labute approximate surface area is 109 Å². The van der Waals surface area contributed by atoms with Crippen molar-refractivity contribution in [2.75, 3.05) is 19.6 Å². The van der Waals surface area contributed by atoms with Gasteiger partial charge >= 0.3 is 0 Å². The lowest BCUT2D eigenvalue weighted by atomic mass is 9.99. The van der Waals surface area contributed by atoms with Gasteiger partial charge in [0.25, 0.3) is 0 Å². The van der Waals surface area contributed by atoms with Crippen LogP contribution < -0.4 is 0 Å². The molecule has 3 atom stereocenters. The molecule has 0 spiro atoms. The van der Waals surface area contributed by atoms with Crippen LogP contribution >= 0.6 is 0 Å². The summed E-state index contributed by atoms with van der Waals surface area (Å²) in [6.07, 6.45) is 0.507. The van der Waals surface area contributed by atoms with Gasteiger partial charge in [-0.2, -0.15) is 5.26 Å². The molecule has 1 aliphatic heterocycles. The Bertz CT molecular complexity index is 402. The number of hydrogen-bond acceptors (Lipinski definition) is 3. The average Bonchev–Trinajstić information content (AvgIpc) is 2.36.